The molecule has 0 bridgehead atoms. The lowest BCUT2D eigenvalue weighted by atomic mass is 10.1. The molecule has 10 N–H and O–H groups in total. The predicted octanol–water partition coefficient (Wildman–Crippen LogP) is -6.41. The van der Waals surface area contributed by atoms with Crippen molar-refractivity contribution in [2.45, 2.75) is 19.4 Å². The van der Waals surface area contributed by atoms with E-state index in [4.69, 9.17) is 5.11 Å². The second kappa shape index (κ2) is 23.6. The molecule has 0 radical (unpaired) electrons. The molecule has 290 valence electrons. The van der Waals surface area contributed by atoms with Gasteiger partial charge in [0.25, 0.3) is 0 Å². The fraction of sp³-hybridized carbons (Fsp3) is 0.433. The molecule has 0 heterocycles. The lowest BCUT2D eigenvalue weighted by Gasteiger charge is -2.21. The summed E-state index contributed by atoms with van der Waals surface area (Å²) in [5.41, 5.74) is 0.585. The molecule has 1 aromatic carbocycles. The van der Waals surface area contributed by atoms with Crippen LogP contribution in [0, 0.1) is 0 Å². The third-order valence-corrected chi connectivity index (χ3v) is 6.55. The number of carbonyl (C=O) groups excluding carboxylic acids is 9. The molecule has 1 aromatic rings. The van der Waals surface area contributed by atoms with Crippen molar-refractivity contribution in [3.63, 3.8) is 0 Å². The lowest BCUT2D eigenvalue weighted by molar-refractivity contribution is -0.146. The standard InChI is InChI=1S/C30H41N9O14/c1-18(41)31-6-7-32-24(45)13-38(15-28(49)50)26(47)11-34-22(43)9-33-25(46)14-39(16-29(51)52)27(48)12-35-23(44)10-36-30(53)21(37-17-40)8-19-2-4-20(42)5-3-19/h2-5,17,21,42H,6-16H2,1H3,(H,31,41)(H,32,45)(H,33,46)(H,34,43)(H,35,44)(H,36,53)(H,37,40)(H,49,50)(H,51,52)/t21-/m0/s1. The normalized spacial score (nSPS) is 10.7. The molecule has 1 atom stereocenters. The number of benzene rings is 1. The smallest absolute Gasteiger partial charge is 0.323 e. The molecular weight excluding hydrogens is 710 g/mol. The van der Waals surface area contributed by atoms with Crippen LogP contribution in [0.25, 0.3) is 0 Å². The van der Waals surface area contributed by atoms with E-state index in [2.05, 4.69) is 37.2 Å². The molecule has 0 aromatic heterocycles. The van der Waals surface area contributed by atoms with Crippen LogP contribution in [0.1, 0.15) is 12.5 Å². The van der Waals surface area contributed by atoms with Crippen LogP contribution >= 0.6 is 0 Å². The van der Waals surface area contributed by atoms with E-state index in [1.165, 1.54) is 31.2 Å². The first-order chi connectivity index (χ1) is 25.0. The zero-order valence-electron chi connectivity index (χ0n) is 28.5. The van der Waals surface area contributed by atoms with Crippen LogP contribution in [0.2, 0.25) is 0 Å². The first-order valence-corrected chi connectivity index (χ1v) is 15.6. The summed E-state index contributed by atoms with van der Waals surface area (Å²) < 4.78 is 0. The van der Waals surface area contributed by atoms with Crippen LogP contribution in [0.4, 0.5) is 0 Å². The summed E-state index contributed by atoms with van der Waals surface area (Å²) in [7, 11) is 0. The van der Waals surface area contributed by atoms with Crippen LogP contribution in [-0.2, 0) is 59.2 Å². The van der Waals surface area contributed by atoms with Crippen molar-refractivity contribution in [1.29, 1.82) is 0 Å². The number of phenolic OH excluding ortho intramolecular Hbond substituents is 1. The third-order valence-electron chi connectivity index (χ3n) is 6.55. The Balaban J connectivity index is 2.58. The molecule has 23 heteroatoms. The minimum atomic E-state index is -1.52. The average Bonchev–Trinajstić information content (AvgIpc) is 3.09. The van der Waals surface area contributed by atoms with Gasteiger partial charge in [-0.2, -0.15) is 0 Å². The van der Waals surface area contributed by atoms with Crippen LogP contribution in [0.5, 0.6) is 5.75 Å². The van der Waals surface area contributed by atoms with Crippen molar-refractivity contribution in [3.05, 3.63) is 29.8 Å². The summed E-state index contributed by atoms with van der Waals surface area (Å²) >= 11 is 0. The summed E-state index contributed by atoms with van der Waals surface area (Å²) in [5, 5.41) is 43.4. The highest BCUT2D eigenvalue weighted by Crippen LogP contribution is 2.11. The highest BCUT2D eigenvalue weighted by Gasteiger charge is 2.23. The first-order valence-electron chi connectivity index (χ1n) is 15.6. The Hall–Kier alpha value is -6.81. The Morgan fingerprint density at radius 1 is 0.623 bits per heavy atom. The van der Waals surface area contributed by atoms with E-state index in [0.717, 1.165) is 0 Å². The van der Waals surface area contributed by atoms with Gasteiger partial charge in [0.1, 0.15) is 38.0 Å². The molecule has 0 aliphatic rings. The Bertz CT molecular complexity index is 1520. The molecule has 53 heavy (non-hydrogen) atoms. The molecule has 0 spiro atoms. The number of rotatable bonds is 24. The van der Waals surface area contributed by atoms with E-state index in [9.17, 15) is 63.0 Å². The largest absolute Gasteiger partial charge is 0.508 e. The van der Waals surface area contributed by atoms with Crippen LogP contribution in [0.3, 0.4) is 0 Å². The summed E-state index contributed by atoms with van der Waals surface area (Å²) in [5.74, 6) is -9.63. The predicted molar refractivity (Wildman–Crippen MR) is 177 cm³/mol. The van der Waals surface area contributed by atoms with Crippen molar-refractivity contribution in [1.82, 2.24) is 47.0 Å². The monoisotopic (exact) mass is 751 g/mol. The van der Waals surface area contributed by atoms with Gasteiger partial charge in [0.2, 0.25) is 53.7 Å². The van der Waals surface area contributed by atoms with Gasteiger partial charge in [0.15, 0.2) is 0 Å². The van der Waals surface area contributed by atoms with Gasteiger partial charge in [-0.15, -0.1) is 0 Å². The van der Waals surface area contributed by atoms with Gasteiger partial charge in [-0.1, -0.05) is 12.1 Å². The molecule has 0 fully saturated rings. The highest BCUT2D eigenvalue weighted by molar-refractivity contribution is 5.94. The number of phenols is 1. The number of hydrogen-bond acceptors (Lipinski definition) is 12. The molecular formula is C30H41N9O14. The number of nitrogens with one attached hydrogen (secondary N) is 7. The quantitative estimate of drug-likeness (QED) is 0.0347. The number of nitrogens with zero attached hydrogens (tertiary/aromatic N) is 2. The summed E-state index contributed by atoms with van der Waals surface area (Å²) in [6.07, 6.45) is 0.306. The number of aromatic hydroxyl groups is 1. The maximum atomic E-state index is 12.6. The zero-order chi connectivity index (χ0) is 39.9. The number of amides is 9. The Labute approximate surface area is 301 Å². The molecule has 1 rings (SSSR count). The minimum Gasteiger partial charge on any atom is -0.508 e. The lowest BCUT2D eigenvalue weighted by Crippen LogP contribution is -2.51. The maximum Gasteiger partial charge on any atom is 0.323 e. The van der Waals surface area contributed by atoms with Gasteiger partial charge in [0, 0.05) is 26.4 Å². The minimum absolute atomic E-state index is 0.000997. The van der Waals surface area contributed by atoms with Gasteiger partial charge in [0.05, 0.1) is 26.2 Å². The topological polar surface area (TPSA) is 339 Å². The molecule has 0 saturated heterocycles. The molecule has 0 aliphatic heterocycles. The number of aliphatic carboxylic acids is 2. The number of carbonyl (C=O) groups is 11. The molecule has 0 saturated carbocycles. The van der Waals surface area contributed by atoms with E-state index >= 15 is 0 Å². The van der Waals surface area contributed by atoms with Gasteiger partial charge in [-0.05, 0) is 17.7 Å². The number of carboxylic acids is 2. The Kier molecular flexibility index (Phi) is 19.7. The van der Waals surface area contributed by atoms with Crippen molar-refractivity contribution in [2.24, 2.45) is 0 Å². The second-order valence-corrected chi connectivity index (χ2v) is 10.9. The van der Waals surface area contributed by atoms with Gasteiger partial charge in [-0.3, -0.25) is 52.7 Å². The third kappa shape index (κ3) is 19.8. The maximum absolute atomic E-state index is 12.6. The number of carboxylic acid groups (broad SMARTS) is 2. The summed E-state index contributed by atoms with van der Waals surface area (Å²) in [6, 6.07) is 4.72. The fourth-order valence-corrected chi connectivity index (χ4v) is 4.03. The van der Waals surface area contributed by atoms with E-state index in [0.29, 0.717) is 15.4 Å². The van der Waals surface area contributed by atoms with Crippen molar-refractivity contribution in [3.8, 4) is 5.75 Å². The number of hydrogen-bond donors (Lipinski definition) is 10. The summed E-state index contributed by atoms with van der Waals surface area (Å²) in [6.45, 7) is -5.01. The summed E-state index contributed by atoms with van der Waals surface area (Å²) in [4.78, 5) is 132. The van der Waals surface area contributed by atoms with E-state index in [1.807, 2.05) is 0 Å². The first kappa shape index (κ1) is 44.2. The van der Waals surface area contributed by atoms with Crippen LogP contribution in [0.15, 0.2) is 24.3 Å². The Morgan fingerprint density at radius 2 is 1.08 bits per heavy atom. The fourth-order valence-electron chi connectivity index (χ4n) is 4.03. The van der Waals surface area contributed by atoms with Crippen LogP contribution < -0.4 is 37.2 Å². The van der Waals surface area contributed by atoms with Crippen molar-refractivity contribution >= 4 is 65.6 Å². The zero-order valence-corrected chi connectivity index (χ0v) is 28.5. The molecule has 9 amide bonds. The average molecular weight is 752 g/mol. The van der Waals surface area contributed by atoms with Gasteiger partial charge < -0.3 is 62.3 Å². The van der Waals surface area contributed by atoms with E-state index in [1.54, 1.807) is 0 Å². The highest BCUT2D eigenvalue weighted by atomic mass is 16.4. The van der Waals surface area contributed by atoms with Crippen molar-refractivity contribution < 1.29 is 68.1 Å². The SMILES string of the molecule is CC(=O)NCCNC(=O)CN(CC(=O)O)C(=O)CNC(=O)CNC(=O)CN(CC(=O)O)C(=O)CNC(=O)CNC(=O)[C@H](Cc1ccc(O)cc1)NC=O. The molecule has 0 unspecified atom stereocenters. The van der Waals surface area contributed by atoms with Gasteiger partial charge in [-0.25, -0.2) is 0 Å². The van der Waals surface area contributed by atoms with E-state index < -0.39 is 112 Å². The van der Waals surface area contributed by atoms with E-state index in [-0.39, 0.29) is 37.6 Å². The second-order valence-electron chi connectivity index (χ2n) is 10.9. The molecule has 0 aliphatic carbocycles. The Morgan fingerprint density at radius 3 is 1.55 bits per heavy atom. The van der Waals surface area contributed by atoms with Crippen LogP contribution in [-0.4, -0.2) is 162 Å². The van der Waals surface area contributed by atoms with Crippen molar-refractivity contribution in [2.75, 3.05) is 65.4 Å². The molecule has 23 nitrogen and oxygen atoms in total. The van der Waals surface area contributed by atoms with Gasteiger partial charge >= 0.3 is 11.9 Å².